The number of ether oxygens (including phenoxy) is 1. The van der Waals surface area contributed by atoms with Crippen molar-refractivity contribution in [2.75, 3.05) is 18.6 Å². The average Bonchev–Trinajstić information content (AvgIpc) is 3.19. The summed E-state index contributed by atoms with van der Waals surface area (Å²) in [7, 11) is 1.63. The van der Waals surface area contributed by atoms with Crippen molar-refractivity contribution in [1.82, 2.24) is 4.98 Å². The molecule has 150 valence electrons. The fourth-order valence-corrected chi connectivity index (χ4v) is 4.12. The summed E-state index contributed by atoms with van der Waals surface area (Å²) in [4.78, 5) is 19.1. The van der Waals surface area contributed by atoms with E-state index >= 15 is 0 Å². The molecule has 29 heavy (non-hydrogen) atoms. The van der Waals surface area contributed by atoms with E-state index in [1.54, 1.807) is 31.5 Å². The van der Waals surface area contributed by atoms with Crippen LogP contribution in [0.25, 0.3) is 11.3 Å². The molecule has 0 fully saturated rings. The van der Waals surface area contributed by atoms with Crippen LogP contribution in [-0.2, 0) is 17.6 Å². The molecule has 2 aromatic carbocycles. The number of halogens is 2. The van der Waals surface area contributed by atoms with Gasteiger partial charge in [-0.25, -0.2) is 4.98 Å². The number of anilines is 1. The number of oxazole rings is 1. The molecule has 0 bridgehead atoms. The second-order valence-corrected chi connectivity index (χ2v) is 7.70. The Hall–Kier alpha value is -2.50. The van der Waals surface area contributed by atoms with Crippen molar-refractivity contribution >= 4 is 34.8 Å². The number of methoxy groups -OCH3 is 1. The van der Waals surface area contributed by atoms with Gasteiger partial charge >= 0.3 is 0 Å². The van der Waals surface area contributed by atoms with Crippen LogP contribution in [0, 0.1) is 0 Å². The molecule has 3 aromatic rings. The second-order valence-electron chi connectivity index (χ2n) is 6.86. The summed E-state index contributed by atoms with van der Waals surface area (Å²) in [5.41, 5.74) is 2.74. The molecule has 1 amide bonds. The Morgan fingerprint density at radius 3 is 2.93 bits per heavy atom. The topological polar surface area (TPSA) is 55.6 Å². The molecule has 1 aliphatic rings. The van der Waals surface area contributed by atoms with E-state index in [1.807, 2.05) is 23.1 Å². The maximum atomic E-state index is 12.9. The lowest BCUT2D eigenvalue weighted by molar-refractivity contribution is -0.118. The van der Waals surface area contributed by atoms with Gasteiger partial charge in [-0.15, -0.1) is 0 Å². The van der Waals surface area contributed by atoms with Crippen LogP contribution < -0.4 is 9.64 Å². The predicted octanol–water partition coefficient (Wildman–Crippen LogP) is 5.57. The van der Waals surface area contributed by atoms with Crippen molar-refractivity contribution in [3.8, 4) is 17.1 Å². The Morgan fingerprint density at radius 2 is 2.14 bits per heavy atom. The van der Waals surface area contributed by atoms with Crippen LogP contribution in [0.5, 0.6) is 5.75 Å². The number of amides is 1. The first kappa shape index (κ1) is 19.8. The molecule has 0 aliphatic carbocycles. The van der Waals surface area contributed by atoms with Gasteiger partial charge in [-0.2, -0.15) is 0 Å². The fourth-order valence-electron chi connectivity index (χ4n) is 3.62. The fraction of sp³-hybridized carbons (Fsp3) is 0.273. The molecule has 0 unspecified atom stereocenters. The molecule has 0 spiro atoms. The molecule has 0 radical (unpaired) electrons. The normalized spacial score (nSPS) is 13.3. The summed E-state index contributed by atoms with van der Waals surface area (Å²) < 4.78 is 11.3. The van der Waals surface area contributed by atoms with E-state index in [2.05, 4.69) is 4.98 Å². The number of carbonyl (C=O) groups excluding carboxylic acids is 1. The van der Waals surface area contributed by atoms with E-state index in [1.165, 1.54) is 0 Å². The molecule has 5 nitrogen and oxygen atoms in total. The molecular formula is C22H20Cl2N2O3. The van der Waals surface area contributed by atoms with E-state index in [4.69, 9.17) is 32.4 Å². The number of para-hydroxylation sites is 1. The monoisotopic (exact) mass is 430 g/mol. The molecule has 0 atom stereocenters. The van der Waals surface area contributed by atoms with Crippen LogP contribution in [0.2, 0.25) is 10.0 Å². The van der Waals surface area contributed by atoms with Gasteiger partial charge in [0, 0.05) is 30.0 Å². The van der Waals surface area contributed by atoms with Crippen LogP contribution in [0.1, 0.15) is 24.3 Å². The minimum absolute atomic E-state index is 0.0275. The van der Waals surface area contributed by atoms with Gasteiger partial charge < -0.3 is 14.1 Å². The van der Waals surface area contributed by atoms with Gasteiger partial charge in [0.1, 0.15) is 5.75 Å². The second kappa shape index (κ2) is 8.47. The predicted molar refractivity (Wildman–Crippen MR) is 114 cm³/mol. The Labute approximate surface area is 179 Å². The Kier molecular flexibility index (Phi) is 5.79. The number of fused-ring (bicyclic) bond motifs is 1. The number of hydrogen-bond acceptors (Lipinski definition) is 4. The Bertz CT molecular complexity index is 1030. The van der Waals surface area contributed by atoms with Gasteiger partial charge in [0.2, 0.25) is 5.91 Å². The third-order valence-corrected chi connectivity index (χ3v) is 5.55. The minimum Gasteiger partial charge on any atom is -0.495 e. The van der Waals surface area contributed by atoms with E-state index in [0.717, 1.165) is 35.4 Å². The summed E-state index contributed by atoms with van der Waals surface area (Å²) in [6.07, 6.45) is 4.20. The van der Waals surface area contributed by atoms with Crippen molar-refractivity contribution in [2.45, 2.75) is 25.7 Å². The van der Waals surface area contributed by atoms with Crippen LogP contribution in [0.15, 0.2) is 47.0 Å². The highest BCUT2D eigenvalue weighted by atomic mass is 35.5. The quantitative estimate of drug-likeness (QED) is 0.530. The highest BCUT2D eigenvalue weighted by molar-refractivity contribution is 6.36. The third kappa shape index (κ3) is 4.11. The van der Waals surface area contributed by atoms with Crippen molar-refractivity contribution in [2.24, 2.45) is 0 Å². The summed E-state index contributed by atoms with van der Waals surface area (Å²) in [6.45, 7) is 0.684. The summed E-state index contributed by atoms with van der Waals surface area (Å²) in [5.74, 6) is 1.81. The first-order valence-corrected chi connectivity index (χ1v) is 10.2. The first-order chi connectivity index (χ1) is 14.1. The lowest BCUT2D eigenvalue weighted by atomic mass is 10.0. The van der Waals surface area contributed by atoms with Gasteiger partial charge in [-0.3, -0.25) is 4.79 Å². The zero-order valence-electron chi connectivity index (χ0n) is 16.0. The number of hydrogen-bond donors (Lipinski definition) is 0. The molecule has 0 saturated heterocycles. The van der Waals surface area contributed by atoms with E-state index in [-0.39, 0.29) is 5.91 Å². The number of aryl methyl sites for hydroxylation is 2. The number of rotatable bonds is 5. The maximum Gasteiger partial charge on any atom is 0.227 e. The van der Waals surface area contributed by atoms with Gasteiger partial charge in [-0.1, -0.05) is 35.3 Å². The smallest absolute Gasteiger partial charge is 0.227 e. The summed E-state index contributed by atoms with van der Waals surface area (Å²) in [6, 6.07) is 11.1. The zero-order valence-corrected chi connectivity index (χ0v) is 17.5. The zero-order chi connectivity index (χ0) is 20.4. The molecule has 1 aliphatic heterocycles. The van der Waals surface area contributed by atoms with E-state index in [0.29, 0.717) is 41.1 Å². The highest BCUT2D eigenvalue weighted by Gasteiger charge is 2.26. The third-order valence-electron chi connectivity index (χ3n) is 5.00. The minimum atomic E-state index is 0.0275. The van der Waals surface area contributed by atoms with Crippen LogP contribution in [0.4, 0.5) is 5.69 Å². The van der Waals surface area contributed by atoms with Gasteiger partial charge in [0.25, 0.3) is 0 Å². The standard InChI is InChI=1S/C22H20Cl2N2O3/c1-28-18-6-2-4-14-5-3-11-26(22(14)18)21(27)10-9-20-25-13-19(29-20)16-8-7-15(23)12-17(16)24/h2,4,6-8,12-13H,3,5,9-11H2,1H3. The Morgan fingerprint density at radius 1 is 1.28 bits per heavy atom. The van der Waals surface area contributed by atoms with Gasteiger partial charge in [0.05, 0.1) is 24.0 Å². The molecule has 0 saturated carbocycles. The van der Waals surface area contributed by atoms with Crippen molar-refractivity contribution in [1.29, 1.82) is 0 Å². The number of aromatic nitrogens is 1. The summed E-state index contributed by atoms with van der Waals surface area (Å²) >= 11 is 12.2. The molecule has 1 aromatic heterocycles. The van der Waals surface area contributed by atoms with Crippen LogP contribution in [-0.4, -0.2) is 24.5 Å². The average molecular weight is 431 g/mol. The van der Waals surface area contributed by atoms with Crippen molar-refractivity contribution in [3.05, 3.63) is 64.1 Å². The lowest BCUT2D eigenvalue weighted by Gasteiger charge is -2.30. The van der Waals surface area contributed by atoms with Gasteiger partial charge in [-0.05, 0) is 42.7 Å². The summed E-state index contributed by atoms with van der Waals surface area (Å²) in [5, 5.41) is 1.05. The first-order valence-electron chi connectivity index (χ1n) is 9.43. The Balaban J connectivity index is 1.47. The van der Waals surface area contributed by atoms with E-state index in [9.17, 15) is 4.79 Å². The molecular weight excluding hydrogens is 411 g/mol. The highest BCUT2D eigenvalue weighted by Crippen LogP contribution is 2.36. The molecule has 2 heterocycles. The molecule has 0 N–H and O–H groups in total. The maximum absolute atomic E-state index is 12.9. The van der Waals surface area contributed by atoms with Crippen molar-refractivity contribution in [3.63, 3.8) is 0 Å². The van der Waals surface area contributed by atoms with Crippen LogP contribution in [0.3, 0.4) is 0 Å². The number of carbonyl (C=O) groups is 1. The van der Waals surface area contributed by atoms with Crippen LogP contribution >= 0.6 is 23.2 Å². The molecule has 7 heteroatoms. The largest absolute Gasteiger partial charge is 0.495 e. The van der Waals surface area contributed by atoms with Gasteiger partial charge in [0.15, 0.2) is 11.7 Å². The SMILES string of the molecule is COc1cccc2c1N(C(=O)CCc1ncc(-c3ccc(Cl)cc3Cl)o1)CCC2. The van der Waals surface area contributed by atoms with Crippen molar-refractivity contribution < 1.29 is 13.9 Å². The lowest BCUT2D eigenvalue weighted by Crippen LogP contribution is -2.36. The van der Waals surface area contributed by atoms with E-state index < -0.39 is 0 Å². The molecule has 4 rings (SSSR count). The number of benzene rings is 2. The number of nitrogens with zero attached hydrogens (tertiary/aromatic N) is 2.